The number of methoxy groups -OCH3 is 1. The highest BCUT2D eigenvalue weighted by Crippen LogP contribution is 2.17. The van der Waals surface area contributed by atoms with E-state index in [1.807, 2.05) is 6.92 Å². The standard InChI is InChI=1S/C19H33N5O4/c1-3-4-11-24-17(20)16(18(26)21-19(24)27)23(12-13-28-2)15(25)14-22-9-7-5-6-8-10-22/h3-14,20H2,1-2H3,(H,21,26,27)/p+1. The number of nitrogen functional groups attached to an aromatic ring is 1. The van der Waals surface area contributed by atoms with Gasteiger partial charge in [-0.2, -0.15) is 0 Å². The molecule has 1 aromatic rings. The van der Waals surface area contributed by atoms with E-state index in [2.05, 4.69) is 4.98 Å². The number of nitrogens with zero attached hydrogens (tertiary/aromatic N) is 2. The Bertz CT molecular complexity index is 750. The summed E-state index contributed by atoms with van der Waals surface area (Å²) in [6, 6.07) is 0. The Labute approximate surface area is 165 Å². The first-order valence-corrected chi connectivity index (χ1v) is 10.2. The first kappa shape index (κ1) is 22.2. The van der Waals surface area contributed by atoms with Crippen LogP contribution in [0.5, 0.6) is 0 Å². The van der Waals surface area contributed by atoms with Crippen molar-refractivity contribution in [1.29, 1.82) is 0 Å². The summed E-state index contributed by atoms with van der Waals surface area (Å²) in [7, 11) is 1.54. The molecule has 2 rings (SSSR count). The van der Waals surface area contributed by atoms with E-state index in [1.165, 1.54) is 27.2 Å². The Balaban J connectivity index is 2.34. The highest BCUT2D eigenvalue weighted by molar-refractivity contribution is 5.96. The molecule has 0 radical (unpaired) electrons. The van der Waals surface area contributed by atoms with Crippen molar-refractivity contribution < 1.29 is 14.4 Å². The lowest BCUT2D eigenvalue weighted by molar-refractivity contribution is -0.891. The minimum absolute atomic E-state index is 0.0394. The number of anilines is 2. The van der Waals surface area contributed by atoms with Crippen molar-refractivity contribution in [2.24, 2.45) is 0 Å². The molecule has 158 valence electrons. The zero-order valence-corrected chi connectivity index (χ0v) is 17.1. The molecule has 2 heterocycles. The Kier molecular flexibility index (Phi) is 8.72. The molecule has 0 spiro atoms. The lowest BCUT2D eigenvalue weighted by atomic mass is 10.2. The highest BCUT2D eigenvalue weighted by atomic mass is 16.5. The fourth-order valence-electron chi connectivity index (χ4n) is 3.63. The van der Waals surface area contributed by atoms with E-state index < -0.39 is 11.2 Å². The molecule has 0 unspecified atom stereocenters. The summed E-state index contributed by atoms with van der Waals surface area (Å²) in [6.07, 6.45) is 6.22. The summed E-state index contributed by atoms with van der Waals surface area (Å²) in [5.74, 6) is -0.135. The van der Waals surface area contributed by atoms with Crippen LogP contribution in [0.2, 0.25) is 0 Å². The molecule has 9 nitrogen and oxygen atoms in total. The van der Waals surface area contributed by atoms with Crippen LogP contribution < -0.4 is 26.8 Å². The molecule has 1 fully saturated rings. The third kappa shape index (κ3) is 5.68. The first-order valence-electron chi connectivity index (χ1n) is 10.2. The number of quaternary nitrogens is 1. The second-order valence-corrected chi connectivity index (χ2v) is 7.38. The van der Waals surface area contributed by atoms with Crippen LogP contribution in [0, 0.1) is 0 Å². The minimum atomic E-state index is -0.634. The summed E-state index contributed by atoms with van der Waals surface area (Å²) in [6.45, 7) is 5.09. The lowest BCUT2D eigenvalue weighted by Gasteiger charge is -2.26. The molecular formula is C19H34N5O4+. The lowest BCUT2D eigenvalue weighted by Crippen LogP contribution is -3.13. The first-order chi connectivity index (χ1) is 13.5. The molecular weight excluding hydrogens is 362 g/mol. The van der Waals surface area contributed by atoms with Crippen LogP contribution >= 0.6 is 0 Å². The van der Waals surface area contributed by atoms with E-state index in [4.69, 9.17) is 10.5 Å². The number of hydrogen-bond acceptors (Lipinski definition) is 5. The zero-order chi connectivity index (χ0) is 20.5. The van der Waals surface area contributed by atoms with Crippen LogP contribution in [0.15, 0.2) is 9.59 Å². The van der Waals surface area contributed by atoms with Crippen LogP contribution in [0.1, 0.15) is 45.4 Å². The van der Waals surface area contributed by atoms with E-state index in [0.29, 0.717) is 13.1 Å². The van der Waals surface area contributed by atoms with Gasteiger partial charge in [0.05, 0.1) is 19.7 Å². The normalized spacial score (nSPS) is 15.4. The van der Waals surface area contributed by atoms with Gasteiger partial charge < -0.3 is 15.4 Å². The number of likely N-dealkylation sites (tertiary alicyclic amines) is 1. The van der Waals surface area contributed by atoms with Crippen molar-refractivity contribution >= 4 is 17.4 Å². The van der Waals surface area contributed by atoms with Gasteiger partial charge in [-0.05, 0) is 32.1 Å². The number of aromatic amines is 1. The number of carbonyl (C=O) groups is 1. The van der Waals surface area contributed by atoms with Crippen molar-refractivity contribution in [3.05, 3.63) is 20.8 Å². The summed E-state index contributed by atoms with van der Waals surface area (Å²) < 4.78 is 6.47. The number of aromatic nitrogens is 2. The van der Waals surface area contributed by atoms with E-state index in [0.717, 1.165) is 38.8 Å². The van der Waals surface area contributed by atoms with Crippen LogP contribution in [0.3, 0.4) is 0 Å². The number of nitrogens with two attached hydrogens (primary N) is 1. The molecule has 0 bridgehead atoms. The van der Waals surface area contributed by atoms with Gasteiger partial charge in [-0.25, -0.2) is 4.79 Å². The number of H-pyrrole nitrogens is 1. The van der Waals surface area contributed by atoms with Gasteiger partial charge in [0.1, 0.15) is 5.82 Å². The maximum Gasteiger partial charge on any atom is 0.330 e. The molecule has 0 saturated carbocycles. The van der Waals surface area contributed by atoms with Crippen LogP contribution in [-0.2, 0) is 16.1 Å². The van der Waals surface area contributed by atoms with Crippen molar-refractivity contribution in [3.8, 4) is 0 Å². The number of carbonyl (C=O) groups excluding carboxylic acids is 1. The Morgan fingerprint density at radius 1 is 1.25 bits per heavy atom. The van der Waals surface area contributed by atoms with Crippen molar-refractivity contribution in [2.45, 2.75) is 52.0 Å². The number of rotatable bonds is 9. The van der Waals surface area contributed by atoms with Crippen molar-refractivity contribution in [1.82, 2.24) is 9.55 Å². The molecule has 0 atom stereocenters. The van der Waals surface area contributed by atoms with Crippen molar-refractivity contribution in [3.63, 3.8) is 0 Å². The summed E-state index contributed by atoms with van der Waals surface area (Å²) in [5, 5.41) is 0. The predicted octanol–water partition coefficient (Wildman–Crippen LogP) is -0.643. The smallest absolute Gasteiger partial charge is 0.330 e. The third-order valence-corrected chi connectivity index (χ3v) is 5.25. The average molecular weight is 397 g/mol. The van der Waals surface area contributed by atoms with E-state index in [1.54, 1.807) is 7.11 Å². The third-order valence-electron chi connectivity index (χ3n) is 5.25. The predicted molar refractivity (Wildman–Crippen MR) is 109 cm³/mol. The van der Waals surface area contributed by atoms with Gasteiger partial charge in [-0.1, -0.05) is 13.3 Å². The Morgan fingerprint density at radius 2 is 1.93 bits per heavy atom. The summed E-state index contributed by atoms with van der Waals surface area (Å²) >= 11 is 0. The average Bonchev–Trinajstić information content (AvgIpc) is 2.92. The van der Waals surface area contributed by atoms with E-state index >= 15 is 0 Å². The molecule has 1 amide bonds. The number of amides is 1. The van der Waals surface area contributed by atoms with Crippen LogP contribution in [0.4, 0.5) is 11.5 Å². The highest BCUT2D eigenvalue weighted by Gasteiger charge is 2.27. The van der Waals surface area contributed by atoms with Crippen LogP contribution in [0.25, 0.3) is 0 Å². The summed E-state index contributed by atoms with van der Waals surface area (Å²) in [4.78, 5) is 42.7. The maximum absolute atomic E-state index is 13.1. The molecule has 0 aromatic carbocycles. The molecule has 0 aliphatic carbocycles. The molecule has 1 aromatic heterocycles. The van der Waals surface area contributed by atoms with Crippen LogP contribution in [-0.4, -0.2) is 55.4 Å². The number of nitrogens with one attached hydrogen (secondary N) is 2. The van der Waals surface area contributed by atoms with Gasteiger partial charge in [0.2, 0.25) is 0 Å². The Morgan fingerprint density at radius 3 is 2.54 bits per heavy atom. The quantitative estimate of drug-likeness (QED) is 0.514. The number of unbranched alkanes of at least 4 members (excludes halogenated alkanes) is 1. The number of hydrogen-bond donors (Lipinski definition) is 3. The second-order valence-electron chi connectivity index (χ2n) is 7.38. The number of ether oxygens (including phenoxy) is 1. The molecule has 1 aliphatic heterocycles. The largest absolute Gasteiger partial charge is 0.383 e. The van der Waals surface area contributed by atoms with E-state index in [9.17, 15) is 14.4 Å². The zero-order valence-electron chi connectivity index (χ0n) is 17.1. The van der Waals surface area contributed by atoms with Gasteiger partial charge in [0.25, 0.3) is 11.5 Å². The van der Waals surface area contributed by atoms with Gasteiger partial charge in [-0.3, -0.25) is 24.0 Å². The topological polar surface area (TPSA) is 115 Å². The fraction of sp³-hybridized carbons (Fsp3) is 0.737. The molecule has 1 aliphatic rings. The minimum Gasteiger partial charge on any atom is -0.383 e. The molecule has 4 N–H and O–H groups in total. The van der Waals surface area contributed by atoms with Gasteiger partial charge in [0.15, 0.2) is 12.2 Å². The maximum atomic E-state index is 13.1. The molecule has 1 saturated heterocycles. The SMILES string of the molecule is CCCCn1c(N)c(N(CCOC)C(=O)C[NH+]2CCCCCC2)c(=O)[nH]c1=O. The van der Waals surface area contributed by atoms with Crippen molar-refractivity contribution in [2.75, 3.05) is 50.5 Å². The Hall–Kier alpha value is -2.13. The second kappa shape index (κ2) is 11.0. The van der Waals surface area contributed by atoms with Gasteiger partial charge in [-0.15, -0.1) is 0 Å². The molecule has 28 heavy (non-hydrogen) atoms. The van der Waals surface area contributed by atoms with E-state index in [-0.39, 0.29) is 30.6 Å². The molecule has 9 heteroatoms. The fourth-order valence-corrected chi connectivity index (χ4v) is 3.63. The van der Waals surface area contributed by atoms with Gasteiger partial charge in [0, 0.05) is 20.2 Å². The van der Waals surface area contributed by atoms with Gasteiger partial charge >= 0.3 is 5.69 Å². The summed E-state index contributed by atoms with van der Waals surface area (Å²) in [5.41, 5.74) is 5.07. The monoisotopic (exact) mass is 396 g/mol.